The van der Waals surface area contributed by atoms with E-state index in [0.717, 1.165) is 0 Å². The Morgan fingerprint density at radius 1 is 2.00 bits per heavy atom. The summed E-state index contributed by atoms with van der Waals surface area (Å²) >= 11 is 0. The normalized spacial score (nSPS) is 23.7. The lowest BCUT2D eigenvalue weighted by molar-refractivity contribution is -0.120. The molecule has 0 saturated heterocycles. The van der Waals surface area contributed by atoms with Gasteiger partial charge < -0.3 is 4.84 Å². The zero-order chi connectivity index (χ0) is 7.40. The van der Waals surface area contributed by atoms with Crippen LogP contribution in [0, 0.1) is 5.92 Å². The SMILES string of the molecule is CO/N=C\[C@H]1C=NNC1=O. The number of nitrogens with one attached hydrogen (secondary N) is 1. The van der Waals surface area contributed by atoms with E-state index in [-0.39, 0.29) is 11.8 Å². The van der Waals surface area contributed by atoms with Crippen LogP contribution in [0.3, 0.4) is 0 Å². The van der Waals surface area contributed by atoms with Crippen molar-refractivity contribution in [3.05, 3.63) is 0 Å². The van der Waals surface area contributed by atoms with E-state index in [1.54, 1.807) is 0 Å². The summed E-state index contributed by atoms with van der Waals surface area (Å²) in [5.74, 6) is -0.555. The first kappa shape index (κ1) is 6.73. The number of oxime groups is 1. The largest absolute Gasteiger partial charge is 0.399 e. The van der Waals surface area contributed by atoms with Crippen LogP contribution in [0.15, 0.2) is 10.3 Å². The molecule has 0 spiro atoms. The van der Waals surface area contributed by atoms with E-state index < -0.39 is 0 Å². The summed E-state index contributed by atoms with van der Waals surface area (Å²) in [4.78, 5) is 15.1. The Bertz CT molecular complexity index is 187. The lowest BCUT2D eigenvalue weighted by Gasteiger charge is -1.92. The number of rotatable bonds is 2. The maximum absolute atomic E-state index is 10.7. The fourth-order valence-corrected chi connectivity index (χ4v) is 0.556. The van der Waals surface area contributed by atoms with Crippen molar-refractivity contribution < 1.29 is 9.63 Å². The van der Waals surface area contributed by atoms with Crippen molar-refractivity contribution >= 4 is 18.3 Å². The third kappa shape index (κ3) is 1.31. The Morgan fingerprint density at radius 3 is 3.30 bits per heavy atom. The van der Waals surface area contributed by atoms with E-state index >= 15 is 0 Å². The van der Waals surface area contributed by atoms with Crippen molar-refractivity contribution in [1.82, 2.24) is 5.43 Å². The predicted molar refractivity (Wildman–Crippen MR) is 35.6 cm³/mol. The number of nitrogens with zero attached hydrogens (tertiary/aromatic N) is 2. The van der Waals surface area contributed by atoms with E-state index in [2.05, 4.69) is 20.5 Å². The zero-order valence-electron chi connectivity index (χ0n) is 5.44. The third-order valence-corrected chi connectivity index (χ3v) is 1.04. The molecular weight excluding hydrogens is 134 g/mol. The molecule has 1 heterocycles. The molecule has 10 heavy (non-hydrogen) atoms. The van der Waals surface area contributed by atoms with Crippen LogP contribution in [0.5, 0.6) is 0 Å². The molecule has 5 nitrogen and oxygen atoms in total. The summed E-state index contributed by atoms with van der Waals surface area (Å²) in [6.45, 7) is 0. The topological polar surface area (TPSA) is 63.1 Å². The van der Waals surface area contributed by atoms with Crippen molar-refractivity contribution in [1.29, 1.82) is 0 Å². The second kappa shape index (κ2) is 2.95. The maximum atomic E-state index is 10.7. The summed E-state index contributed by atoms with van der Waals surface area (Å²) in [5.41, 5.74) is 2.26. The second-order valence-electron chi connectivity index (χ2n) is 1.72. The highest BCUT2D eigenvalue weighted by Crippen LogP contribution is 1.94. The van der Waals surface area contributed by atoms with Gasteiger partial charge in [0.15, 0.2) is 0 Å². The quantitative estimate of drug-likeness (QED) is 0.410. The molecule has 54 valence electrons. The highest BCUT2D eigenvalue weighted by Gasteiger charge is 2.17. The van der Waals surface area contributed by atoms with Crippen molar-refractivity contribution in [3.8, 4) is 0 Å². The summed E-state index contributed by atoms with van der Waals surface area (Å²) in [5, 5.41) is 6.95. The van der Waals surface area contributed by atoms with E-state index in [9.17, 15) is 4.79 Å². The second-order valence-corrected chi connectivity index (χ2v) is 1.72. The van der Waals surface area contributed by atoms with Gasteiger partial charge in [0.1, 0.15) is 13.0 Å². The Labute approximate surface area is 57.7 Å². The number of hydrogen-bond donors (Lipinski definition) is 1. The molecule has 0 unspecified atom stereocenters. The van der Waals surface area contributed by atoms with Gasteiger partial charge in [-0.05, 0) is 0 Å². The molecule has 1 aliphatic rings. The van der Waals surface area contributed by atoms with Crippen LogP contribution >= 0.6 is 0 Å². The van der Waals surface area contributed by atoms with Crippen LogP contribution < -0.4 is 5.43 Å². The molecule has 1 N–H and O–H groups in total. The van der Waals surface area contributed by atoms with Crippen molar-refractivity contribution in [2.75, 3.05) is 7.11 Å². The van der Waals surface area contributed by atoms with E-state index in [1.165, 1.54) is 19.5 Å². The Balaban J connectivity index is 2.48. The predicted octanol–water partition coefficient (Wildman–Crippen LogP) is -0.650. The molecule has 1 rings (SSSR count). The average molecular weight is 141 g/mol. The van der Waals surface area contributed by atoms with E-state index in [0.29, 0.717) is 0 Å². The molecule has 0 aromatic carbocycles. The van der Waals surface area contributed by atoms with Gasteiger partial charge in [-0.2, -0.15) is 5.10 Å². The molecule has 1 amide bonds. The third-order valence-electron chi connectivity index (χ3n) is 1.04. The minimum atomic E-state index is -0.375. The first-order chi connectivity index (χ1) is 4.84. The van der Waals surface area contributed by atoms with Gasteiger partial charge in [-0.25, -0.2) is 5.43 Å². The molecule has 0 fully saturated rings. The Morgan fingerprint density at radius 2 is 2.80 bits per heavy atom. The van der Waals surface area contributed by atoms with E-state index in [4.69, 9.17) is 0 Å². The molecule has 0 bridgehead atoms. The molecule has 0 aromatic heterocycles. The van der Waals surface area contributed by atoms with E-state index in [1.807, 2.05) is 0 Å². The number of hydrazone groups is 1. The average Bonchev–Trinajstić information content (AvgIpc) is 2.31. The van der Waals surface area contributed by atoms with Gasteiger partial charge in [0, 0.05) is 6.21 Å². The number of hydrogen-bond acceptors (Lipinski definition) is 4. The highest BCUT2D eigenvalue weighted by molar-refractivity contribution is 6.10. The molecule has 0 aromatic rings. The van der Waals surface area contributed by atoms with Gasteiger partial charge in [0.25, 0.3) is 5.91 Å². The van der Waals surface area contributed by atoms with Crippen LogP contribution in [0.2, 0.25) is 0 Å². The summed E-state index contributed by atoms with van der Waals surface area (Å²) in [7, 11) is 1.42. The number of carbonyl (C=O) groups is 1. The van der Waals surface area contributed by atoms with Gasteiger partial charge in [-0.3, -0.25) is 4.79 Å². The first-order valence-electron chi connectivity index (χ1n) is 2.74. The fourth-order valence-electron chi connectivity index (χ4n) is 0.556. The minimum absolute atomic E-state index is 0.180. The molecule has 5 heteroatoms. The maximum Gasteiger partial charge on any atom is 0.254 e. The van der Waals surface area contributed by atoms with Gasteiger partial charge in [-0.15, -0.1) is 0 Å². The minimum Gasteiger partial charge on any atom is -0.399 e. The first-order valence-corrected chi connectivity index (χ1v) is 2.74. The van der Waals surface area contributed by atoms with Crippen LogP contribution in [0.25, 0.3) is 0 Å². The number of carbonyl (C=O) groups excluding carboxylic acids is 1. The standard InChI is InChI=1S/C5H7N3O2/c1-10-7-3-4-2-6-8-5(4)9/h2-4H,1H3,(H,8,9)/b7-3-/t4-/m1/s1. The molecule has 0 saturated carbocycles. The van der Waals surface area contributed by atoms with Crippen LogP contribution in [0.1, 0.15) is 0 Å². The molecular formula is C5H7N3O2. The highest BCUT2D eigenvalue weighted by atomic mass is 16.6. The van der Waals surface area contributed by atoms with Gasteiger partial charge in [0.2, 0.25) is 0 Å². The molecule has 1 atom stereocenters. The fraction of sp³-hybridized carbons (Fsp3) is 0.400. The van der Waals surface area contributed by atoms with Crippen molar-refractivity contribution in [2.45, 2.75) is 0 Å². The van der Waals surface area contributed by atoms with Gasteiger partial charge >= 0.3 is 0 Å². The monoisotopic (exact) mass is 141 g/mol. The Hall–Kier alpha value is -1.39. The van der Waals surface area contributed by atoms with Crippen LogP contribution in [-0.4, -0.2) is 25.4 Å². The number of amides is 1. The van der Waals surface area contributed by atoms with Crippen LogP contribution in [-0.2, 0) is 9.63 Å². The van der Waals surface area contributed by atoms with Crippen LogP contribution in [0.4, 0.5) is 0 Å². The molecule has 1 aliphatic heterocycles. The Kier molecular flexibility index (Phi) is 1.99. The van der Waals surface area contributed by atoms with Gasteiger partial charge in [-0.1, -0.05) is 5.16 Å². The summed E-state index contributed by atoms with van der Waals surface area (Å²) in [6.07, 6.45) is 2.84. The molecule has 0 aliphatic carbocycles. The van der Waals surface area contributed by atoms with Crippen molar-refractivity contribution in [3.63, 3.8) is 0 Å². The lowest BCUT2D eigenvalue weighted by Crippen LogP contribution is -2.20. The van der Waals surface area contributed by atoms with Crippen molar-refractivity contribution in [2.24, 2.45) is 16.2 Å². The summed E-state index contributed by atoms with van der Waals surface area (Å²) < 4.78 is 0. The smallest absolute Gasteiger partial charge is 0.254 e. The summed E-state index contributed by atoms with van der Waals surface area (Å²) in [6, 6.07) is 0. The zero-order valence-corrected chi connectivity index (χ0v) is 5.44. The molecule has 0 radical (unpaired) electrons. The lowest BCUT2D eigenvalue weighted by atomic mass is 10.2. The van der Waals surface area contributed by atoms with Gasteiger partial charge in [0.05, 0.1) is 6.21 Å².